The normalized spacial score (nSPS) is 15.8. The molecule has 0 radical (unpaired) electrons. The lowest BCUT2D eigenvalue weighted by molar-refractivity contribution is -0.218. The summed E-state index contributed by atoms with van der Waals surface area (Å²) in [5.41, 5.74) is 5.40. The zero-order chi connectivity index (χ0) is 26.7. The standard InChI is InChI=1S/C30H34N2O6/c1-19-23(21-8-9-25-22(16-21)18-37-30(38-25)10-12-31-13-11-30)6-5-7-24(19)29(33)32-17-20-14-26(34-2)28(36-4)27(15-20)35-3/h5-9,14-16,31H,10-13,17-18H2,1-4H3,(H,32,33). The van der Waals surface area contributed by atoms with E-state index in [1.54, 1.807) is 21.3 Å². The van der Waals surface area contributed by atoms with Crippen LogP contribution in [0.3, 0.4) is 0 Å². The molecular weight excluding hydrogens is 484 g/mol. The minimum absolute atomic E-state index is 0.157. The lowest BCUT2D eigenvalue weighted by atomic mass is 9.94. The maximum Gasteiger partial charge on any atom is 0.251 e. The van der Waals surface area contributed by atoms with Crippen LogP contribution in [0.5, 0.6) is 23.0 Å². The highest BCUT2D eigenvalue weighted by molar-refractivity contribution is 5.97. The Bertz CT molecular complexity index is 1310. The lowest BCUT2D eigenvalue weighted by Gasteiger charge is -2.41. The zero-order valence-corrected chi connectivity index (χ0v) is 22.3. The first-order valence-corrected chi connectivity index (χ1v) is 12.8. The molecule has 2 heterocycles. The summed E-state index contributed by atoms with van der Waals surface area (Å²) in [7, 11) is 4.70. The molecule has 3 aromatic rings. The Morgan fingerprint density at radius 2 is 1.74 bits per heavy atom. The van der Waals surface area contributed by atoms with Gasteiger partial charge in [-0.15, -0.1) is 0 Å². The van der Waals surface area contributed by atoms with Gasteiger partial charge in [-0.05, 0) is 59.5 Å². The molecule has 0 aliphatic carbocycles. The molecule has 1 spiro atoms. The first-order valence-electron chi connectivity index (χ1n) is 12.8. The van der Waals surface area contributed by atoms with E-state index in [1.165, 1.54) is 0 Å². The predicted molar refractivity (Wildman–Crippen MR) is 144 cm³/mol. The number of carbonyl (C=O) groups is 1. The van der Waals surface area contributed by atoms with Crippen molar-refractivity contribution < 1.29 is 28.5 Å². The maximum atomic E-state index is 13.2. The van der Waals surface area contributed by atoms with E-state index in [1.807, 2.05) is 43.3 Å². The molecule has 0 atom stereocenters. The number of piperidine rings is 1. The smallest absolute Gasteiger partial charge is 0.251 e. The van der Waals surface area contributed by atoms with E-state index < -0.39 is 5.79 Å². The summed E-state index contributed by atoms with van der Waals surface area (Å²) in [6, 6.07) is 15.6. The van der Waals surface area contributed by atoms with Gasteiger partial charge in [0, 0.05) is 43.6 Å². The first kappa shape index (κ1) is 25.9. The van der Waals surface area contributed by atoms with Crippen molar-refractivity contribution in [3.8, 4) is 34.1 Å². The van der Waals surface area contributed by atoms with E-state index in [9.17, 15) is 4.79 Å². The van der Waals surface area contributed by atoms with Gasteiger partial charge in [-0.2, -0.15) is 0 Å². The summed E-state index contributed by atoms with van der Waals surface area (Å²) in [5.74, 6) is 1.79. The molecule has 0 bridgehead atoms. The van der Waals surface area contributed by atoms with Crippen molar-refractivity contribution in [2.24, 2.45) is 0 Å². The van der Waals surface area contributed by atoms with Gasteiger partial charge in [0.25, 0.3) is 5.91 Å². The van der Waals surface area contributed by atoms with E-state index in [0.717, 1.165) is 59.5 Å². The quantitative estimate of drug-likeness (QED) is 0.473. The van der Waals surface area contributed by atoms with Gasteiger partial charge < -0.3 is 34.3 Å². The van der Waals surface area contributed by atoms with Crippen LogP contribution in [-0.4, -0.2) is 46.1 Å². The van der Waals surface area contributed by atoms with Gasteiger partial charge in [-0.25, -0.2) is 0 Å². The van der Waals surface area contributed by atoms with Gasteiger partial charge in [-0.3, -0.25) is 4.79 Å². The fraction of sp³-hybridized carbons (Fsp3) is 0.367. The predicted octanol–water partition coefficient (Wildman–Crippen LogP) is 4.61. The van der Waals surface area contributed by atoms with Gasteiger partial charge in [0.2, 0.25) is 11.5 Å². The van der Waals surface area contributed by atoms with E-state index in [4.69, 9.17) is 23.7 Å². The van der Waals surface area contributed by atoms with E-state index >= 15 is 0 Å². The molecule has 2 N–H and O–H groups in total. The number of rotatable bonds is 7. The van der Waals surface area contributed by atoms with Crippen molar-refractivity contribution in [2.75, 3.05) is 34.4 Å². The topological polar surface area (TPSA) is 87.3 Å². The van der Waals surface area contributed by atoms with Crippen LogP contribution in [-0.2, 0) is 17.9 Å². The van der Waals surface area contributed by atoms with Crippen LogP contribution >= 0.6 is 0 Å². The molecule has 1 amide bonds. The average molecular weight is 519 g/mol. The summed E-state index contributed by atoms with van der Waals surface area (Å²) in [4.78, 5) is 13.2. The van der Waals surface area contributed by atoms with Crippen molar-refractivity contribution >= 4 is 5.91 Å². The van der Waals surface area contributed by atoms with Crippen LogP contribution in [0.15, 0.2) is 48.5 Å². The monoisotopic (exact) mass is 518 g/mol. The molecule has 38 heavy (non-hydrogen) atoms. The van der Waals surface area contributed by atoms with E-state index in [-0.39, 0.29) is 5.91 Å². The highest BCUT2D eigenvalue weighted by atomic mass is 16.7. The van der Waals surface area contributed by atoms with Crippen molar-refractivity contribution in [3.05, 3.63) is 70.8 Å². The Morgan fingerprint density at radius 3 is 2.42 bits per heavy atom. The SMILES string of the molecule is COc1cc(CNC(=O)c2cccc(-c3ccc4c(c3)COC3(CCNCC3)O4)c2C)cc(OC)c1OC. The number of hydrogen-bond donors (Lipinski definition) is 2. The van der Waals surface area contributed by atoms with Crippen molar-refractivity contribution in [3.63, 3.8) is 0 Å². The van der Waals surface area contributed by atoms with Crippen LogP contribution in [0.25, 0.3) is 11.1 Å². The van der Waals surface area contributed by atoms with E-state index in [0.29, 0.717) is 36.0 Å². The Labute approximate surface area is 223 Å². The fourth-order valence-electron chi connectivity index (χ4n) is 5.16. The summed E-state index contributed by atoms with van der Waals surface area (Å²) in [6.45, 7) is 4.57. The maximum absolute atomic E-state index is 13.2. The molecule has 0 saturated carbocycles. The minimum atomic E-state index is -0.522. The molecule has 8 heteroatoms. The number of ether oxygens (including phenoxy) is 5. The van der Waals surface area contributed by atoms with Gasteiger partial charge in [0.1, 0.15) is 5.75 Å². The van der Waals surface area contributed by atoms with Crippen LogP contribution < -0.4 is 29.6 Å². The molecule has 200 valence electrons. The van der Waals surface area contributed by atoms with Crippen LogP contribution in [0.4, 0.5) is 0 Å². The molecular formula is C30H34N2O6. The molecule has 2 aliphatic heterocycles. The van der Waals surface area contributed by atoms with Gasteiger partial charge in [-0.1, -0.05) is 18.2 Å². The van der Waals surface area contributed by atoms with Crippen LogP contribution in [0.2, 0.25) is 0 Å². The Kier molecular flexibility index (Phi) is 7.44. The van der Waals surface area contributed by atoms with Gasteiger partial charge in [0.05, 0.1) is 27.9 Å². The second kappa shape index (κ2) is 10.9. The number of carbonyl (C=O) groups excluding carboxylic acids is 1. The second-order valence-corrected chi connectivity index (χ2v) is 9.57. The third-order valence-corrected chi connectivity index (χ3v) is 7.28. The Balaban J connectivity index is 1.33. The molecule has 1 saturated heterocycles. The van der Waals surface area contributed by atoms with Gasteiger partial charge >= 0.3 is 0 Å². The summed E-state index contributed by atoms with van der Waals surface area (Å²) in [6.07, 6.45) is 1.67. The number of fused-ring (bicyclic) bond motifs is 1. The van der Waals surface area contributed by atoms with Crippen molar-refractivity contribution in [2.45, 2.75) is 38.7 Å². The lowest BCUT2D eigenvalue weighted by Crippen LogP contribution is -2.49. The first-order chi connectivity index (χ1) is 18.5. The molecule has 5 rings (SSSR count). The van der Waals surface area contributed by atoms with Crippen molar-refractivity contribution in [1.29, 1.82) is 0 Å². The fourth-order valence-corrected chi connectivity index (χ4v) is 5.16. The Hall–Kier alpha value is -3.75. The molecule has 2 aliphatic rings. The Morgan fingerprint density at radius 1 is 1.00 bits per heavy atom. The largest absolute Gasteiger partial charge is 0.493 e. The van der Waals surface area contributed by atoms with Crippen LogP contribution in [0, 0.1) is 6.92 Å². The third kappa shape index (κ3) is 5.01. The summed E-state index contributed by atoms with van der Waals surface area (Å²) in [5, 5.41) is 6.38. The molecule has 1 fully saturated rings. The highest BCUT2D eigenvalue weighted by Crippen LogP contribution is 2.40. The van der Waals surface area contributed by atoms with Crippen molar-refractivity contribution in [1.82, 2.24) is 10.6 Å². The number of amides is 1. The number of benzene rings is 3. The molecule has 8 nitrogen and oxygen atoms in total. The summed E-state index contributed by atoms with van der Waals surface area (Å²) < 4.78 is 28.7. The van der Waals surface area contributed by atoms with E-state index in [2.05, 4.69) is 22.8 Å². The third-order valence-electron chi connectivity index (χ3n) is 7.28. The number of hydrogen-bond acceptors (Lipinski definition) is 7. The van der Waals surface area contributed by atoms with Gasteiger partial charge in [0.15, 0.2) is 11.5 Å². The number of methoxy groups -OCH3 is 3. The minimum Gasteiger partial charge on any atom is -0.493 e. The van der Waals surface area contributed by atoms with Crippen LogP contribution in [0.1, 0.15) is 39.9 Å². The number of nitrogens with one attached hydrogen (secondary N) is 2. The summed E-state index contributed by atoms with van der Waals surface area (Å²) >= 11 is 0. The second-order valence-electron chi connectivity index (χ2n) is 9.57. The average Bonchev–Trinajstić information content (AvgIpc) is 2.95. The zero-order valence-electron chi connectivity index (χ0n) is 22.3. The molecule has 3 aromatic carbocycles. The molecule has 0 unspecified atom stereocenters. The molecule has 0 aromatic heterocycles. The highest BCUT2D eigenvalue weighted by Gasteiger charge is 2.38.